The quantitative estimate of drug-likeness (QED) is 0.862. The van der Waals surface area contributed by atoms with Gasteiger partial charge in [-0.3, -0.25) is 0 Å². The Balaban J connectivity index is 1.62. The molecule has 7 heteroatoms. The molecule has 0 spiro atoms. The van der Waals surface area contributed by atoms with Crippen LogP contribution >= 0.6 is 0 Å². The minimum atomic E-state index is -3.30. The van der Waals surface area contributed by atoms with Gasteiger partial charge in [-0.05, 0) is 38.3 Å². The first-order chi connectivity index (χ1) is 11.1. The molecule has 0 bridgehead atoms. The Hall–Kier alpha value is -1.44. The lowest BCUT2D eigenvalue weighted by molar-refractivity contribution is 0.388. The molecule has 1 unspecified atom stereocenters. The highest BCUT2D eigenvalue weighted by molar-refractivity contribution is 7.86. The van der Waals surface area contributed by atoms with Crippen LogP contribution in [-0.4, -0.2) is 52.8 Å². The van der Waals surface area contributed by atoms with Gasteiger partial charge in [-0.25, -0.2) is 4.98 Å². The molecule has 0 aliphatic carbocycles. The van der Waals surface area contributed by atoms with E-state index in [0.29, 0.717) is 26.2 Å². The number of nitrogens with zero attached hydrogens (tertiary/aromatic N) is 4. The van der Waals surface area contributed by atoms with E-state index in [1.54, 1.807) is 8.61 Å². The summed E-state index contributed by atoms with van der Waals surface area (Å²) < 4.78 is 30.9. The van der Waals surface area contributed by atoms with Crippen LogP contribution in [0.25, 0.3) is 11.0 Å². The summed E-state index contributed by atoms with van der Waals surface area (Å²) in [5.41, 5.74) is 2.07. The largest absolute Gasteiger partial charge is 0.324 e. The summed E-state index contributed by atoms with van der Waals surface area (Å²) in [5.74, 6) is 0.955. The maximum Gasteiger partial charge on any atom is 0.282 e. The number of fused-ring (bicyclic) bond motifs is 1. The molecule has 0 radical (unpaired) electrons. The van der Waals surface area contributed by atoms with Crippen molar-refractivity contribution in [1.29, 1.82) is 0 Å². The Labute approximate surface area is 136 Å². The fourth-order valence-corrected chi connectivity index (χ4v) is 5.58. The van der Waals surface area contributed by atoms with E-state index in [9.17, 15) is 8.42 Å². The molecule has 2 aromatic rings. The fraction of sp³-hybridized carbons (Fsp3) is 0.562. The highest BCUT2D eigenvalue weighted by Crippen LogP contribution is 2.30. The van der Waals surface area contributed by atoms with Crippen LogP contribution in [0.15, 0.2) is 24.3 Å². The standard InChI is InChI=1S/C16H22N4O2S/c1-13-17-15-6-2-3-7-16(15)20(13)14-8-11-19(12-14)23(21,22)18-9-4-5-10-18/h2-3,6-7,14H,4-5,8-12H2,1H3. The Morgan fingerprint density at radius 3 is 2.61 bits per heavy atom. The van der Waals surface area contributed by atoms with Gasteiger partial charge in [0.1, 0.15) is 5.82 Å². The number of imidazole rings is 1. The lowest BCUT2D eigenvalue weighted by Gasteiger charge is -2.23. The molecule has 2 aliphatic rings. The monoisotopic (exact) mass is 334 g/mol. The van der Waals surface area contributed by atoms with Crippen LogP contribution in [0.3, 0.4) is 0 Å². The van der Waals surface area contributed by atoms with E-state index in [1.165, 1.54) is 0 Å². The maximum absolute atomic E-state index is 12.7. The van der Waals surface area contributed by atoms with Gasteiger partial charge in [0.2, 0.25) is 0 Å². The molecule has 124 valence electrons. The molecule has 1 aromatic carbocycles. The van der Waals surface area contributed by atoms with Gasteiger partial charge in [-0.15, -0.1) is 0 Å². The summed E-state index contributed by atoms with van der Waals surface area (Å²) in [7, 11) is -3.30. The van der Waals surface area contributed by atoms with E-state index >= 15 is 0 Å². The van der Waals surface area contributed by atoms with Crippen LogP contribution in [0.1, 0.15) is 31.1 Å². The van der Waals surface area contributed by atoms with Crippen molar-refractivity contribution < 1.29 is 8.42 Å². The van der Waals surface area contributed by atoms with E-state index in [0.717, 1.165) is 36.1 Å². The topological polar surface area (TPSA) is 58.4 Å². The molecule has 6 nitrogen and oxygen atoms in total. The van der Waals surface area contributed by atoms with E-state index in [4.69, 9.17) is 0 Å². The van der Waals surface area contributed by atoms with Crippen molar-refractivity contribution in [1.82, 2.24) is 18.2 Å². The molecule has 0 amide bonds. The number of hydrogen-bond donors (Lipinski definition) is 0. The molecule has 1 aromatic heterocycles. The van der Waals surface area contributed by atoms with Crippen LogP contribution in [0.4, 0.5) is 0 Å². The summed E-state index contributed by atoms with van der Waals surface area (Å²) in [6.07, 6.45) is 2.79. The zero-order valence-electron chi connectivity index (χ0n) is 13.4. The molecule has 2 saturated heterocycles. The summed E-state index contributed by atoms with van der Waals surface area (Å²) in [6, 6.07) is 8.23. The molecule has 2 aliphatic heterocycles. The molecular formula is C16H22N4O2S. The van der Waals surface area contributed by atoms with E-state index in [-0.39, 0.29) is 6.04 Å². The van der Waals surface area contributed by atoms with Crippen LogP contribution in [0.5, 0.6) is 0 Å². The molecule has 3 heterocycles. The number of aryl methyl sites for hydroxylation is 1. The van der Waals surface area contributed by atoms with Crippen molar-refractivity contribution in [2.24, 2.45) is 0 Å². The van der Waals surface area contributed by atoms with Gasteiger partial charge in [-0.1, -0.05) is 12.1 Å². The van der Waals surface area contributed by atoms with Crippen molar-refractivity contribution >= 4 is 21.2 Å². The zero-order valence-corrected chi connectivity index (χ0v) is 14.2. The van der Waals surface area contributed by atoms with Gasteiger partial charge in [0.25, 0.3) is 10.2 Å². The first-order valence-corrected chi connectivity index (χ1v) is 9.66. The molecular weight excluding hydrogens is 312 g/mol. The average Bonchev–Trinajstić information content (AvgIpc) is 3.26. The Bertz CT molecular complexity index is 824. The van der Waals surface area contributed by atoms with Crippen molar-refractivity contribution in [3.05, 3.63) is 30.1 Å². The minimum absolute atomic E-state index is 0.166. The van der Waals surface area contributed by atoms with Crippen molar-refractivity contribution in [2.45, 2.75) is 32.2 Å². The third-order valence-electron chi connectivity index (χ3n) is 4.98. The normalized spacial score (nSPS) is 24.0. The number of aromatic nitrogens is 2. The lowest BCUT2D eigenvalue weighted by Crippen LogP contribution is -2.41. The Morgan fingerprint density at radius 1 is 1.09 bits per heavy atom. The predicted molar refractivity (Wildman–Crippen MR) is 89.4 cm³/mol. The van der Waals surface area contributed by atoms with Gasteiger partial charge in [-0.2, -0.15) is 17.0 Å². The second-order valence-electron chi connectivity index (χ2n) is 6.43. The molecule has 2 fully saturated rings. The van der Waals surface area contributed by atoms with Crippen molar-refractivity contribution in [3.8, 4) is 0 Å². The van der Waals surface area contributed by atoms with Gasteiger partial charge < -0.3 is 4.57 Å². The smallest absolute Gasteiger partial charge is 0.282 e. The van der Waals surface area contributed by atoms with Crippen LogP contribution < -0.4 is 0 Å². The fourth-order valence-electron chi connectivity index (χ4n) is 3.84. The first kappa shape index (κ1) is 15.1. The first-order valence-electron chi connectivity index (χ1n) is 8.26. The SMILES string of the molecule is Cc1nc2ccccc2n1C1CCN(S(=O)(=O)N2CCCC2)C1. The van der Waals surface area contributed by atoms with E-state index < -0.39 is 10.2 Å². The highest BCUT2D eigenvalue weighted by Gasteiger charge is 2.37. The van der Waals surface area contributed by atoms with Crippen molar-refractivity contribution in [3.63, 3.8) is 0 Å². The van der Waals surface area contributed by atoms with E-state index in [1.807, 2.05) is 25.1 Å². The van der Waals surface area contributed by atoms with E-state index in [2.05, 4.69) is 15.6 Å². The second-order valence-corrected chi connectivity index (χ2v) is 8.36. The van der Waals surface area contributed by atoms with Crippen LogP contribution in [0.2, 0.25) is 0 Å². The predicted octanol–water partition coefficient (Wildman–Crippen LogP) is 1.93. The Morgan fingerprint density at radius 2 is 1.83 bits per heavy atom. The Kier molecular flexibility index (Phi) is 3.66. The third kappa shape index (κ3) is 2.47. The lowest BCUT2D eigenvalue weighted by atomic mass is 10.2. The van der Waals surface area contributed by atoms with Crippen LogP contribution in [-0.2, 0) is 10.2 Å². The molecule has 4 rings (SSSR count). The molecule has 0 saturated carbocycles. The molecule has 1 atom stereocenters. The summed E-state index contributed by atoms with van der Waals surface area (Å²) in [5, 5.41) is 0. The summed E-state index contributed by atoms with van der Waals surface area (Å²) in [4.78, 5) is 4.61. The highest BCUT2D eigenvalue weighted by atomic mass is 32.2. The minimum Gasteiger partial charge on any atom is -0.324 e. The number of hydrogen-bond acceptors (Lipinski definition) is 3. The number of para-hydroxylation sites is 2. The van der Waals surface area contributed by atoms with Gasteiger partial charge >= 0.3 is 0 Å². The molecule has 0 N–H and O–H groups in total. The average molecular weight is 334 g/mol. The summed E-state index contributed by atoms with van der Waals surface area (Å²) in [6.45, 7) is 4.46. The van der Waals surface area contributed by atoms with Gasteiger partial charge in [0.15, 0.2) is 0 Å². The third-order valence-corrected chi connectivity index (χ3v) is 6.98. The van der Waals surface area contributed by atoms with Gasteiger partial charge in [0, 0.05) is 26.2 Å². The zero-order chi connectivity index (χ0) is 16.0. The summed E-state index contributed by atoms with van der Waals surface area (Å²) >= 11 is 0. The maximum atomic E-state index is 12.7. The van der Waals surface area contributed by atoms with Gasteiger partial charge in [0.05, 0.1) is 17.1 Å². The van der Waals surface area contributed by atoms with Crippen LogP contribution in [0, 0.1) is 6.92 Å². The number of rotatable bonds is 3. The van der Waals surface area contributed by atoms with Crippen molar-refractivity contribution in [2.75, 3.05) is 26.2 Å². The molecule has 23 heavy (non-hydrogen) atoms. The second kappa shape index (κ2) is 5.58. The number of benzene rings is 1.